The van der Waals surface area contributed by atoms with E-state index in [0.717, 1.165) is 16.8 Å². The predicted molar refractivity (Wildman–Crippen MR) is 97.2 cm³/mol. The van der Waals surface area contributed by atoms with Crippen LogP contribution in [0.4, 0.5) is 0 Å². The van der Waals surface area contributed by atoms with Crippen LogP contribution in [0, 0.1) is 5.92 Å². The van der Waals surface area contributed by atoms with Gasteiger partial charge in [-0.05, 0) is 30.5 Å². The van der Waals surface area contributed by atoms with Gasteiger partial charge in [-0.1, -0.05) is 13.8 Å². The summed E-state index contributed by atoms with van der Waals surface area (Å²) in [6.07, 6.45) is 0.670. The lowest BCUT2D eigenvalue weighted by atomic mass is 10.1. The summed E-state index contributed by atoms with van der Waals surface area (Å²) < 4.78 is 5.18. The number of rotatable bonds is 6. The highest BCUT2D eigenvalue weighted by Gasteiger charge is 2.12. The third kappa shape index (κ3) is 4.08. The monoisotopic (exact) mass is 355 g/mol. The van der Waals surface area contributed by atoms with E-state index in [4.69, 9.17) is 4.74 Å². The summed E-state index contributed by atoms with van der Waals surface area (Å²) in [5, 5.41) is 2.73. The number of ether oxygens (including phenoxy) is 1. The Morgan fingerprint density at radius 1 is 1.23 bits per heavy atom. The van der Waals surface area contributed by atoms with Crippen molar-refractivity contribution in [3.63, 3.8) is 0 Å². The number of aromatic amines is 2. The zero-order valence-electron chi connectivity index (χ0n) is 14.9. The first-order valence-corrected chi connectivity index (χ1v) is 8.35. The Hall–Kier alpha value is -3.16. The van der Waals surface area contributed by atoms with Crippen molar-refractivity contribution in [3.05, 3.63) is 52.0 Å². The molecule has 0 atom stereocenters. The molecule has 0 spiro atoms. The van der Waals surface area contributed by atoms with Gasteiger partial charge in [0.2, 0.25) is 0 Å². The number of amides is 1. The molecule has 26 heavy (non-hydrogen) atoms. The molecule has 8 nitrogen and oxygen atoms in total. The van der Waals surface area contributed by atoms with E-state index < -0.39 is 11.6 Å². The van der Waals surface area contributed by atoms with E-state index >= 15 is 0 Å². The van der Waals surface area contributed by atoms with Gasteiger partial charge in [-0.2, -0.15) is 4.98 Å². The molecule has 0 radical (unpaired) electrons. The highest BCUT2D eigenvalue weighted by atomic mass is 16.5. The van der Waals surface area contributed by atoms with Gasteiger partial charge in [-0.25, -0.2) is 9.78 Å². The first-order chi connectivity index (χ1) is 12.4. The molecule has 0 aliphatic heterocycles. The van der Waals surface area contributed by atoms with Gasteiger partial charge >= 0.3 is 5.69 Å². The highest BCUT2D eigenvalue weighted by molar-refractivity contribution is 5.92. The lowest BCUT2D eigenvalue weighted by Crippen LogP contribution is -2.28. The van der Waals surface area contributed by atoms with Crippen LogP contribution < -0.4 is 15.7 Å². The number of benzene rings is 1. The Labute approximate surface area is 150 Å². The Bertz CT molecular complexity index is 990. The average molecular weight is 355 g/mol. The normalized spacial score (nSPS) is 11.1. The molecule has 3 rings (SSSR count). The minimum Gasteiger partial charge on any atom is -0.497 e. The topological polar surface area (TPSA) is 113 Å². The third-order valence-electron chi connectivity index (χ3n) is 3.82. The molecule has 0 saturated heterocycles. The fraction of sp³-hybridized carbons (Fsp3) is 0.333. The van der Waals surface area contributed by atoms with Crippen LogP contribution in [0.1, 0.15) is 35.9 Å². The van der Waals surface area contributed by atoms with Crippen molar-refractivity contribution in [2.75, 3.05) is 7.11 Å². The van der Waals surface area contributed by atoms with Crippen molar-refractivity contribution >= 4 is 16.9 Å². The Balaban J connectivity index is 1.72. The minimum absolute atomic E-state index is 0.0992. The Kier molecular flexibility index (Phi) is 5.01. The van der Waals surface area contributed by atoms with Crippen LogP contribution in [0.5, 0.6) is 5.75 Å². The Morgan fingerprint density at radius 3 is 2.77 bits per heavy atom. The van der Waals surface area contributed by atoms with Crippen LogP contribution in [0.15, 0.2) is 29.1 Å². The van der Waals surface area contributed by atoms with E-state index in [-0.39, 0.29) is 12.2 Å². The molecular formula is C18H21N5O3. The Morgan fingerprint density at radius 2 is 2.04 bits per heavy atom. The molecule has 0 bridgehead atoms. The van der Waals surface area contributed by atoms with E-state index in [1.807, 2.05) is 32.0 Å². The first-order valence-electron chi connectivity index (χ1n) is 8.35. The standard InChI is InChI=1S/C18H21N5O3/c1-10(2)6-11-7-15(23-18(25)20-11)17(24)19-9-16-21-13-5-4-12(26-3)8-14(13)22-16/h4-5,7-8,10H,6,9H2,1-3H3,(H,19,24)(H,21,22)(H,20,23,25). The maximum absolute atomic E-state index is 12.3. The first kappa shape index (κ1) is 17.7. The molecule has 2 aromatic heterocycles. The molecule has 136 valence electrons. The number of fused-ring (bicyclic) bond motifs is 1. The maximum atomic E-state index is 12.3. The molecule has 8 heteroatoms. The van der Waals surface area contributed by atoms with Crippen LogP contribution in [0.2, 0.25) is 0 Å². The number of hydrogen-bond acceptors (Lipinski definition) is 5. The number of carbonyl (C=O) groups excluding carboxylic acids is 1. The number of nitrogens with zero attached hydrogens (tertiary/aromatic N) is 2. The molecule has 0 unspecified atom stereocenters. The molecular weight excluding hydrogens is 334 g/mol. The van der Waals surface area contributed by atoms with Gasteiger partial charge < -0.3 is 20.0 Å². The molecule has 0 aliphatic rings. The van der Waals surface area contributed by atoms with Crippen molar-refractivity contribution in [1.82, 2.24) is 25.3 Å². The van der Waals surface area contributed by atoms with Crippen LogP contribution in [-0.4, -0.2) is 33.0 Å². The molecule has 2 heterocycles. The van der Waals surface area contributed by atoms with Crippen LogP contribution >= 0.6 is 0 Å². The number of aromatic nitrogens is 4. The van der Waals surface area contributed by atoms with Crippen molar-refractivity contribution in [1.29, 1.82) is 0 Å². The summed E-state index contributed by atoms with van der Waals surface area (Å²) in [7, 11) is 1.60. The van der Waals surface area contributed by atoms with Gasteiger partial charge in [0.1, 0.15) is 17.3 Å². The van der Waals surface area contributed by atoms with Crippen LogP contribution in [0.25, 0.3) is 11.0 Å². The summed E-state index contributed by atoms with van der Waals surface area (Å²) in [6, 6.07) is 7.11. The zero-order chi connectivity index (χ0) is 18.7. The van der Waals surface area contributed by atoms with Gasteiger partial charge in [0.25, 0.3) is 5.91 Å². The second-order valence-corrected chi connectivity index (χ2v) is 6.44. The van der Waals surface area contributed by atoms with Gasteiger partial charge in [0.15, 0.2) is 0 Å². The number of hydrogen-bond donors (Lipinski definition) is 3. The zero-order valence-corrected chi connectivity index (χ0v) is 14.9. The van der Waals surface area contributed by atoms with E-state index in [1.54, 1.807) is 13.2 Å². The second kappa shape index (κ2) is 7.38. The fourth-order valence-electron chi connectivity index (χ4n) is 2.68. The van der Waals surface area contributed by atoms with E-state index in [2.05, 4.69) is 25.3 Å². The summed E-state index contributed by atoms with van der Waals surface area (Å²) in [5.74, 6) is 1.27. The van der Waals surface area contributed by atoms with Crippen molar-refractivity contribution in [2.24, 2.45) is 5.92 Å². The van der Waals surface area contributed by atoms with Crippen molar-refractivity contribution in [2.45, 2.75) is 26.8 Å². The van der Waals surface area contributed by atoms with Gasteiger partial charge in [0.05, 0.1) is 24.7 Å². The van der Waals surface area contributed by atoms with E-state index in [9.17, 15) is 9.59 Å². The summed E-state index contributed by atoms with van der Waals surface area (Å²) in [6.45, 7) is 4.27. The molecule has 0 saturated carbocycles. The van der Waals surface area contributed by atoms with E-state index in [0.29, 0.717) is 23.9 Å². The highest BCUT2D eigenvalue weighted by Crippen LogP contribution is 2.18. The van der Waals surface area contributed by atoms with Crippen LogP contribution in [-0.2, 0) is 13.0 Å². The lowest BCUT2D eigenvalue weighted by Gasteiger charge is -2.07. The van der Waals surface area contributed by atoms with Gasteiger partial charge in [-0.15, -0.1) is 0 Å². The third-order valence-corrected chi connectivity index (χ3v) is 3.82. The SMILES string of the molecule is COc1ccc2nc(CNC(=O)c3cc(CC(C)C)[nH]c(=O)n3)[nH]c2c1. The molecule has 1 amide bonds. The lowest BCUT2D eigenvalue weighted by molar-refractivity contribution is 0.0944. The maximum Gasteiger partial charge on any atom is 0.345 e. The van der Waals surface area contributed by atoms with Gasteiger partial charge in [0, 0.05) is 11.8 Å². The minimum atomic E-state index is -0.524. The smallest absolute Gasteiger partial charge is 0.345 e. The molecule has 0 fully saturated rings. The number of carbonyl (C=O) groups is 1. The fourth-order valence-corrected chi connectivity index (χ4v) is 2.68. The summed E-state index contributed by atoms with van der Waals surface area (Å²) >= 11 is 0. The second-order valence-electron chi connectivity index (χ2n) is 6.44. The largest absolute Gasteiger partial charge is 0.497 e. The summed E-state index contributed by atoms with van der Waals surface area (Å²) in [4.78, 5) is 38.0. The predicted octanol–water partition coefficient (Wildman–Crippen LogP) is 1.78. The van der Waals surface area contributed by atoms with Gasteiger partial charge in [-0.3, -0.25) is 4.79 Å². The average Bonchev–Trinajstić information content (AvgIpc) is 3.00. The molecule has 3 N–H and O–H groups in total. The molecule has 0 aliphatic carbocycles. The number of H-pyrrole nitrogens is 2. The number of imidazole rings is 1. The van der Waals surface area contributed by atoms with E-state index in [1.165, 1.54) is 0 Å². The van der Waals surface area contributed by atoms with Crippen molar-refractivity contribution < 1.29 is 9.53 Å². The summed E-state index contributed by atoms with van der Waals surface area (Å²) in [5.41, 5.74) is 1.87. The number of nitrogens with one attached hydrogen (secondary N) is 3. The van der Waals surface area contributed by atoms with Crippen LogP contribution in [0.3, 0.4) is 0 Å². The van der Waals surface area contributed by atoms with Crippen molar-refractivity contribution in [3.8, 4) is 5.75 Å². The quantitative estimate of drug-likeness (QED) is 0.624. The molecule has 3 aromatic rings. The number of methoxy groups -OCH3 is 1. The molecule has 1 aromatic carbocycles.